The van der Waals surface area contributed by atoms with Crippen molar-refractivity contribution in [2.24, 2.45) is 0 Å². The lowest BCUT2D eigenvalue weighted by Crippen LogP contribution is -2.44. The van der Waals surface area contributed by atoms with Crippen LogP contribution in [0.3, 0.4) is 0 Å². The number of fused-ring (bicyclic) bond motifs is 1. The number of piperidine rings is 1. The Morgan fingerprint density at radius 3 is 2.85 bits per heavy atom. The van der Waals surface area contributed by atoms with Crippen LogP contribution in [0.1, 0.15) is 23.3 Å². The monoisotopic (exact) mass is 365 g/mol. The number of para-hydroxylation sites is 2. The van der Waals surface area contributed by atoms with Gasteiger partial charge in [0.05, 0.1) is 30.9 Å². The van der Waals surface area contributed by atoms with Gasteiger partial charge in [0.15, 0.2) is 0 Å². The number of carbonyl (C=O) groups is 1. The standard InChI is InChI=1S/C19H19N5O3/c1-26-19-20-9-8-17(23-19)27-13-5-4-10-24(12-13)18(25)16-11-21-14-6-2-3-7-15(14)22-16/h2-3,6-9,11,13H,4-5,10,12H2,1H3. The smallest absolute Gasteiger partial charge is 0.319 e. The first-order chi connectivity index (χ1) is 13.2. The Bertz CT molecular complexity index is 965. The fourth-order valence-electron chi connectivity index (χ4n) is 3.10. The Kier molecular flexibility index (Phi) is 4.78. The van der Waals surface area contributed by atoms with Gasteiger partial charge in [-0.25, -0.2) is 9.97 Å². The summed E-state index contributed by atoms with van der Waals surface area (Å²) in [5, 5.41) is 0. The first-order valence-electron chi connectivity index (χ1n) is 8.77. The summed E-state index contributed by atoms with van der Waals surface area (Å²) in [5.74, 6) is 0.300. The third-order valence-electron chi connectivity index (χ3n) is 4.41. The Balaban J connectivity index is 1.47. The number of hydrogen-bond acceptors (Lipinski definition) is 7. The quantitative estimate of drug-likeness (QED) is 0.699. The summed E-state index contributed by atoms with van der Waals surface area (Å²) in [6.45, 7) is 1.14. The summed E-state index contributed by atoms with van der Waals surface area (Å²) in [6.07, 6.45) is 4.66. The van der Waals surface area contributed by atoms with Crippen LogP contribution >= 0.6 is 0 Å². The van der Waals surface area contributed by atoms with Gasteiger partial charge in [-0.3, -0.25) is 9.78 Å². The van der Waals surface area contributed by atoms with Crippen molar-refractivity contribution in [1.82, 2.24) is 24.8 Å². The second-order valence-corrected chi connectivity index (χ2v) is 6.26. The van der Waals surface area contributed by atoms with E-state index in [0.717, 1.165) is 18.4 Å². The van der Waals surface area contributed by atoms with E-state index in [1.807, 2.05) is 24.3 Å². The first kappa shape index (κ1) is 17.1. The molecule has 1 unspecified atom stereocenters. The van der Waals surface area contributed by atoms with Gasteiger partial charge < -0.3 is 14.4 Å². The zero-order valence-electron chi connectivity index (χ0n) is 14.9. The second kappa shape index (κ2) is 7.53. The maximum absolute atomic E-state index is 12.9. The molecule has 27 heavy (non-hydrogen) atoms. The van der Waals surface area contributed by atoms with Crippen LogP contribution in [0.2, 0.25) is 0 Å². The molecule has 1 aliphatic rings. The normalized spacial score (nSPS) is 16.9. The number of carbonyl (C=O) groups excluding carboxylic acids is 1. The number of likely N-dealkylation sites (tertiary alicyclic amines) is 1. The molecular formula is C19H19N5O3. The molecule has 0 saturated carbocycles. The predicted molar refractivity (Wildman–Crippen MR) is 97.7 cm³/mol. The Hall–Kier alpha value is -3.29. The first-order valence-corrected chi connectivity index (χ1v) is 8.77. The van der Waals surface area contributed by atoms with Crippen LogP contribution in [-0.4, -0.2) is 57.0 Å². The van der Waals surface area contributed by atoms with E-state index in [0.29, 0.717) is 30.2 Å². The van der Waals surface area contributed by atoms with E-state index in [4.69, 9.17) is 9.47 Å². The molecule has 8 nitrogen and oxygen atoms in total. The third kappa shape index (κ3) is 3.79. The van der Waals surface area contributed by atoms with E-state index in [-0.39, 0.29) is 18.0 Å². The van der Waals surface area contributed by atoms with Crippen molar-refractivity contribution in [3.05, 3.63) is 48.4 Å². The molecule has 0 bridgehead atoms. The summed E-state index contributed by atoms with van der Waals surface area (Å²) in [4.78, 5) is 31.5. The Morgan fingerprint density at radius 2 is 2.00 bits per heavy atom. The molecule has 1 atom stereocenters. The molecule has 3 heterocycles. The van der Waals surface area contributed by atoms with E-state index < -0.39 is 0 Å². The van der Waals surface area contributed by atoms with Gasteiger partial charge in [0.2, 0.25) is 5.88 Å². The number of aromatic nitrogens is 4. The molecular weight excluding hydrogens is 346 g/mol. The van der Waals surface area contributed by atoms with Crippen LogP contribution in [0.25, 0.3) is 11.0 Å². The maximum Gasteiger partial charge on any atom is 0.319 e. The minimum absolute atomic E-state index is 0.137. The second-order valence-electron chi connectivity index (χ2n) is 6.26. The average molecular weight is 365 g/mol. The summed E-state index contributed by atoms with van der Waals surface area (Å²) >= 11 is 0. The van der Waals surface area contributed by atoms with Crippen LogP contribution in [0, 0.1) is 0 Å². The van der Waals surface area contributed by atoms with Crippen LogP contribution in [0.4, 0.5) is 0 Å². The van der Waals surface area contributed by atoms with Crippen LogP contribution < -0.4 is 9.47 Å². The average Bonchev–Trinajstić information content (AvgIpc) is 2.73. The number of amides is 1. The van der Waals surface area contributed by atoms with Gasteiger partial charge in [-0.15, -0.1) is 0 Å². The molecule has 0 N–H and O–H groups in total. The van der Waals surface area contributed by atoms with E-state index in [2.05, 4.69) is 19.9 Å². The molecule has 0 spiro atoms. The predicted octanol–water partition coefficient (Wildman–Crippen LogP) is 2.11. The van der Waals surface area contributed by atoms with Crippen molar-refractivity contribution in [1.29, 1.82) is 0 Å². The number of benzene rings is 1. The molecule has 1 saturated heterocycles. The van der Waals surface area contributed by atoms with E-state index in [9.17, 15) is 4.79 Å². The lowest BCUT2D eigenvalue weighted by molar-refractivity contribution is 0.0520. The zero-order valence-corrected chi connectivity index (χ0v) is 14.9. The van der Waals surface area contributed by atoms with Crippen LogP contribution in [0.5, 0.6) is 11.9 Å². The van der Waals surface area contributed by atoms with Crippen molar-refractivity contribution in [3.8, 4) is 11.9 Å². The van der Waals surface area contributed by atoms with Crippen molar-refractivity contribution in [2.75, 3.05) is 20.2 Å². The van der Waals surface area contributed by atoms with Crippen molar-refractivity contribution in [3.63, 3.8) is 0 Å². The fourth-order valence-corrected chi connectivity index (χ4v) is 3.10. The molecule has 1 aliphatic heterocycles. The fraction of sp³-hybridized carbons (Fsp3) is 0.316. The molecule has 1 fully saturated rings. The highest BCUT2D eigenvalue weighted by Crippen LogP contribution is 2.19. The van der Waals surface area contributed by atoms with Gasteiger partial charge >= 0.3 is 6.01 Å². The van der Waals surface area contributed by atoms with Crippen molar-refractivity contribution < 1.29 is 14.3 Å². The number of nitrogens with zero attached hydrogens (tertiary/aromatic N) is 5. The van der Waals surface area contributed by atoms with Gasteiger partial charge in [0.25, 0.3) is 5.91 Å². The minimum atomic E-state index is -0.143. The van der Waals surface area contributed by atoms with Crippen molar-refractivity contribution in [2.45, 2.75) is 18.9 Å². The topological polar surface area (TPSA) is 90.3 Å². The molecule has 138 valence electrons. The summed E-state index contributed by atoms with van der Waals surface area (Å²) < 4.78 is 10.9. The lowest BCUT2D eigenvalue weighted by Gasteiger charge is -2.32. The number of rotatable bonds is 4. The highest BCUT2D eigenvalue weighted by Gasteiger charge is 2.27. The van der Waals surface area contributed by atoms with Gasteiger partial charge in [-0.05, 0) is 25.0 Å². The molecule has 1 aromatic carbocycles. The van der Waals surface area contributed by atoms with Gasteiger partial charge in [0.1, 0.15) is 11.8 Å². The molecule has 4 rings (SSSR count). The van der Waals surface area contributed by atoms with Crippen LogP contribution in [-0.2, 0) is 0 Å². The molecule has 0 radical (unpaired) electrons. The van der Waals surface area contributed by atoms with Gasteiger partial charge in [-0.1, -0.05) is 12.1 Å². The highest BCUT2D eigenvalue weighted by atomic mass is 16.5. The van der Waals surface area contributed by atoms with Crippen LogP contribution in [0.15, 0.2) is 42.7 Å². The van der Waals surface area contributed by atoms with Gasteiger partial charge in [-0.2, -0.15) is 4.98 Å². The number of hydrogen-bond donors (Lipinski definition) is 0. The number of ether oxygens (including phenoxy) is 2. The molecule has 1 amide bonds. The molecule has 8 heteroatoms. The summed E-state index contributed by atoms with van der Waals surface area (Å²) in [5.41, 5.74) is 1.82. The number of methoxy groups -OCH3 is 1. The van der Waals surface area contributed by atoms with Crippen molar-refractivity contribution >= 4 is 16.9 Å². The lowest BCUT2D eigenvalue weighted by atomic mass is 10.1. The Labute approximate surface area is 156 Å². The van der Waals surface area contributed by atoms with E-state index >= 15 is 0 Å². The largest absolute Gasteiger partial charge is 0.472 e. The molecule has 2 aromatic heterocycles. The third-order valence-corrected chi connectivity index (χ3v) is 4.41. The minimum Gasteiger partial charge on any atom is -0.472 e. The van der Waals surface area contributed by atoms with Gasteiger partial charge in [0, 0.05) is 18.8 Å². The van der Waals surface area contributed by atoms with E-state index in [1.165, 1.54) is 13.3 Å². The summed E-state index contributed by atoms with van der Waals surface area (Å²) in [6, 6.07) is 9.43. The molecule has 0 aliphatic carbocycles. The maximum atomic E-state index is 12.9. The Morgan fingerprint density at radius 1 is 1.15 bits per heavy atom. The summed E-state index contributed by atoms with van der Waals surface area (Å²) in [7, 11) is 1.50. The highest BCUT2D eigenvalue weighted by molar-refractivity contribution is 5.93. The molecule has 3 aromatic rings. The zero-order chi connectivity index (χ0) is 18.6. The SMILES string of the molecule is COc1nccc(OC2CCCN(C(=O)c3cnc4ccccc4n3)C2)n1. The van der Waals surface area contributed by atoms with E-state index in [1.54, 1.807) is 17.2 Å².